The summed E-state index contributed by atoms with van der Waals surface area (Å²) >= 11 is 0. The van der Waals surface area contributed by atoms with E-state index >= 15 is 0 Å². The van der Waals surface area contributed by atoms with Gasteiger partial charge in [-0.25, -0.2) is 9.78 Å². The molecule has 124 valence electrons. The van der Waals surface area contributed by atoms with E-state index in [1.54, 1.807) is 0 Å². The van der Waals surface area contributed by atoms with Crippen LogP contribution in [-0.2, 0) is 0 Å². The van der Waals surface area contributed by atoms with Crippen molar-refractivity contribution < 1.29 is 9.53 Å². The molecule has 0 saturated heterocycles. The van der Waals surface area contributed by atoms with E-state index in [9.17, 15) is 4.79 Å². The second-order valence-corrected chi connectivity index (χ2v) is 5.23. The van der Waals surface area contributed by atoms with Crippen LogP contribution >= 0.6 is 0 Å². The number of hydrogen-bond acceptors (Lipinski definition) is 3. The lowest BCUT2D eigenvalue weighted by molar-refractivity contribution is 0.252. The fraction of sp³-hybridized carbons (Fsp3) is 0.222. The van der Waals surface area contributed by atoms with Crippen molar-refractivity contribution in [2.75, 3.05) is 18.5 Å². The number of para-hydroxylation sites is 1. The number of nitrogens with one attached hydrogen (secondary N) is 3. The van der Waals surface area contributed by atoms with Crippen molar-refractivity contribution in [2.24, 2.45) is 0 Å². The summed E-state index contributed by atoms with van der Waals surface area (Å²) in [5, 5.41) is 5.35. The third-order valence-electron chi connectivity index (χ3n) is 3.55. The molecule has 2 amide bonds. The molecule has 0 spiro atoms. The molecule has 0 atom stereocenters. The number of benzene rings is 2. The number of urea groups is 1. The minimum absolute atomic E-state index is 0.279. The van der Waals surface area contributed by atoms with Crippen LogP contribution in [0.2, 0.25) is 0 Å². The number of imidazole rings is 1. The van der Waals surface area contributed by atoms with Crippen LogP contribution in [0.1, 0.15) is 13.8 Å². The number of aromatic nitrogens is 2. The first-order chi connectivity index (χ1) is 11.7. The van der Waals surface area contributed by atoms with Crippen LogP contribution in [0, 0.1) is 0 Å². The van der Waals surface area contributed by atoms with Gasteiger partial charge in [0.1, 0.15) is 5.75 Å². The van der Waals surface area contributed by atoms with Gasteiger partial charge in [0.05, 0.1) is 17.6 Å². The number of amides is 2. The van der Waals surface area contributed by atoms with Crippen LogP contribution < -0.4 is 15.4 Å². The monoisotopic (exact) mass is 324 g/mol. The maximum absolute atomic E-state index is 11.6. The summed E-state index contributed by atoms with van der Waals surface area (Å²) in [4.78, 5) is 19.1. The van der Waals surface area contributed by atoms with E-state index in [1.165, 1.54) is 0 Å². The van der Waals surface area contributed by atoms with Gasteiger partial charge < -0.3 is 15.0 Å². The molecule has 0 saturated carbocycles. The minimum Gasteiger partial charge on any atom is -0.493 e. The standard InChI is InChI=1S/C18H20N4O2/c1-3-19-18(23)22-17-20-14-10-9-12(11-15(14)21-17)13-7-5-6-8-16(13)24-4-2/h5-11H,3-4H2,1-2H3,(H3,19,20,21,22,23). The number of ether oxygens (including phenoxy) is 1. The predicted octanol–water partition coefficient (Wildman–Crippen LogP) is 3.77. The summed E-state index contributed by atoms with van der Waals surface area (Å²) in [6.45, 7) is 5.00. The van der Waals surface area contributed by atoms with Gasteiger partial charge in [-0.2, -0.15) is 0 Å². The van der Waals surface area contributed by atoms with Gasteiger partial charge in [0, 0.05) is 12.1 Å². The van der Waals surface area contributed by atoms with Gasteiger partial charge in [0.25, 0.3) is 0 Å². The normalized spacial score (nSPS) is 10.6. The summed E-state index contributed by atoms with van der Waals surface area (Å²) < 4.78 is 5.70. The molecular weight excluding hydrogens is 304 g/mol. The highest BCUT2D eigenvalue weighted by molar-refractivity contribution is 5.91. The molecule has 1 heterocycles. The zero-order chi connectivity index (χ0) is 16.9. The molecule has 0 aliphatic heterocycles. The number of fused-ring (bicyclic) bond motifs is 1. The zero-order valence-electron chi connectivity index (χ0n) is 13.7. The van der Waals surface area contributed by atoms with Crippen molar-refractivity contribution in [1.29, 1.82) is 0 Å². The Morgan fingerprint density at radius 1 is 1.21 bits per heavy atom. The highest BCUT2D eigenvalue weighted by atomic mass is 16.5. The fourth-order valence-electron chi connectivity index (χ4n) is 2.54. The third-order valence-corrected chi connectivity index (χ3v) is 3.55. The maximum atomic E-state index is 11.6. The van der Waals surface area contributed by atoms with Gasteiger partial charge >= 0.3 is 6.03 Å². The Balaban J connectivity index is 1.93. The van der Waals surface area contributed by atoms with Crippen LogP contribution in [0.3, 0.4) is 0 Å². The summed E-state index contributed by atoms with van der Waals surface area (Å²) in [6, 6.07) is 13.6. The average Bonchev–Trinajstić information content (AvgIpc) is 2.97. The molecule has 0 aliphatic carbocycles. The number of hydrogen-bond donors (Lipinski definition) is 3. The lowest BCUT2D eigenvalue weighted by Gasteiger charge is -2.09. The van der Waals surface area contributed by atoms with Crippen molar-refractivity contribution >= 4 is 23.0 Å². The number of carbonyl (C=O) groups is 1. The van der Waals surface area contributed by atoms with Crippen LogP contribution in [0.5, 0.6) is 5.75 Å². The number of aromatic amines is 1. The Hall–Kier alpha value is -3.02. The molecule has 0 aliphatic rings. The molecule has 6 heteroatoms. The van der Waals surface area contributed by atoms with Crippen LogP contribution in [0.4, 0.5) is 10.7 Å². The molecule has 3 rings (SSSR count). The number of H-pyrrole nitrogens is 1. The molecule has 0 bridgehead atoms. The van der Waals surface area contributed by atoms with Crippen molar-refractivity contribution in [2.45, 2.75) is 13.8 Å². The van der Waals surface area contributed by atoms with E-state index in [0.717, 1.165) is 27.9 Å². The van der Waals surface area contributed by atoms with Gasteiger partial charge in [0.2, 0.25) is 5.95 Å². The number of rotatable bonds is 5. The molecule has 1 aromatic heterocycles. The molecule has 0 unspecified atom stereocenters. The Kier molecular flexibility index (Phi) is 4.65. The summed E-state index contributed by atoms with van der Waals surface area (Å²) in [5.41, 5.74) is 3.69. The van der Waals surface area contributed by atoms with Gasteiger partial charge in [0.15, 0.2) is 0 Å². The van der Waals surface area contributed by atoms with Crippen molar-refractivity contribution in [3.63, 3.8) is 0 Å². The maximum Gasteiger partial charge on any atom is 0.321 e. The van der Waals surface area contributed by atoms with Gasteiger partial charge in [-0.15, -0.1) is 0 Å². The fourth-order valence-corrected chi connectivity index (χ4v) is 2.54. The quantitative estimate of drug-likeness (QED) is 0.668. The Bertz CT molecular complexity index is 857. The van der Waals surface area contributed by atoms with Crippen LogP contribution in [0.25, 0.3) is 22.2 Å². The van der Waals surface area contributed by atoms with Crippen LogP contribution in [0.15, 0.2) is 42.5 Å². The summed E-state index contributed by atoms with van der Waals surface area (Å²) in [6.07, 6.45) is 0. The predicted molar refractivity (Wildman–Crippen MR) is 95.4 cm³/mol. The summed E-state index contributed by atoms with van der Waals surface area (Å²) in [5.74, 6) is 1.27. The molecule has 0 fully saturated rings. The number of nitrogens with zero attached hydrogens (tertiary/aromatic N) is 1. The topological polar surface area (TPSA) is 79.0 Å². The Morgan fingerprint density at radius 3 is 2.83 bits per heavy atom. The largest absolute Gasteiger partial charge is 0.493 e. The second kappa shape index (κ2) is 7.04. The molecule has 6 nitrogen and oxygen atoms in total. The SMILES string of the molecule is CCNC(=O)Nc1nc2ccc(-c3ccccc3OCC)cc2[nH]1. The van der Waals surface area contributed by atoms with E-state index in [1.807, 2.05) is 56.3 Å². The Morgan fingerprint density at radius 2 is 2.04 bits per heavy atom. The van der Waals surface area contributed by atoms with Crippen molar-refractivity contribution in [3.05, 3.63) is 42.5 Å². The molecular formula is C18H20N4O2. The van der Waals surface area contributed by atoms with Crippen LogP contribution in [-0.4, -0.2) is 29.2 Å². The van der Waals surface area contributed by atoms with Gasteiger partial charge in [-0.3, -0.25) is 5.32 Å². The lowest BCUT2D eigenvalue weighted by Crippen LogP contribution is -2.28. The van der Waals surface area contributed by atoms with E-state index < -0.39 is 0 Å². The molecule has 3 N–H and O–H groups in total. The Labute approximate surface area is 140 Å². The third kappa shape index (κ3) is 3.32. The molecule has 0 radical (unpaired) electrons. The van der Waals surface area contributed by atoms with E-state index in [0.29, 0.717) is 19.1 Å². The van der Waals surface area contributed by atoms with E-state index in [4.69, 9.17) is 4.74 Å². The number of anilines is 1. The minimum atomic E-state index is -0.279. The first-order valence-electron chi connectivity index (χ1n) is 7.98. The van der Waals surface area contributed by atoms with Crippen molar-refractivity contribution in [1.82, 2.24) is 15.3 Å². The lowest BCUT2D eigenvalue weighted by atomic mass is 10.0. The zero-order valence-corrected chi connectivity index (χ0v) is 13.7. The number of carbonyl (C=O) groups excluding carboxylic acids is 1. The van der Waals surface area contributed by atoms with E-state index in [2.05, 4.69) is 20.6 Å². The molecule has 24 heavy (non-hydrogen) atoms. The highest BCUT2D eigenvalue weighted by Crippen LogP contribution is 2.31. The first kappa shape index (κ1) is 15.9. The second-order valence-electron chi connectivity index (χ2n) is 5.23. The highest BCUT2D eigenvalue weighted by Gasteiger charge is 2.10. The van der Waals surface area contributed by atoms with Gasteiger partial charge in [-0.1, -0.05) is 24.3 Å². The molecule has 3 aromatic rings. The van der Waals surface area contributed by atoms with Crippen molar-refractivity contribution in [3.8, 4) is 16.9 Å². The smallest absolute Gasteiger partial charge is 0.321 e. The average molecular weight is 324 g/mol. The van der Waals surface area contributed by atoms with Gasteiger partial charge in [-0.05, 0) is 37.6 Å². The first-order valence-corrected chi connectivity index (χ1v) is 7.98. The molecule has 2 aromatic carbocycles. The van der Waals surface area contributed by atoms with E-state index in [-0.39, 0.29) is 6.03 Å². The summed E-state index contributed by atoms with van der Waals surface area (Å²) in [7, 11) is 0.